The first kappa shape index (κ1) is 17.2. The molecule has 1 aliphatic rings. The van der Waals surface area contributed by atoms with Gasteiger partial charge in [-0.1, -0.05) is 11.6 Å². The lowest BCUT2D eigenvalue weighted by atomic mass is 10.2. The largest absolute Gasteiger partial charge is 0.495 e. The maximum Gasteiger partial charge on any atom is 0.319 e. The predicted molar refractivity (Wildman–Crippen MR) is 99.5 cm³/mol. The van der Waals surface area contributed by atoms with E-state index in [1.807, 2.05) is 24.3 Å². The number of methoxy groups -OCH3 is 2. The minimum atomic E-state index is -0.174. The van der Waals surface area contributed by atoms with Crippen LogP contribution in [0.25, 0.3) is 0 Å². The van der Waals surface area contributed by atoms with Gasteiger partial charge in [0.15, 0.2) is 0 Å². The molecule has 0 unspecified atom stereocenters. The van der Waals surface area contributed by atoms with Crippen molar-refractivity contribution in [2.24, 2.45) is 0 Å². The molecule has 6 nitrogen and oxygen atoms in total. The second-order valence-electron chi connectivity index (χ2n) is 5.76. The van der Waals surface area contributed by atoms with Gasteiger partial charge in [-0.2, -0.15) is 0 Å². The number of halogens is 1. The highest BCUT2D eigenvalue weighted by Gasteiger charge is 2.23. The van der Waals surface area contributed by atoms with E-state index in [0.29, 0.717) is 22.6 Å². The van der Waals surface area contributed by atoms with E-state index in [-0.39, 0.29) is 6.03 Å². The summed E-state index contributed by atoms with van der Waals surface area (Å²) in [6.45, 7) is 0. The Labute approximate surface area is 151 Å². The summed E-state index contributed by atoms with van der Waals surface area (Å²) in [5.74, 6) is 1.16. The Morgan fingerprint density at radius 2 is 1.68 bits per heavy atom. The highest BCUT2D eigenvalue weighted by atomic mass is 35.5. The molecule has 3 N–H and O–H groups in total. The summed E-state index contributed by atoms with van der Waals surface area (Å²) in [4.78, 5) is 11.7. The third kappa shape index (κ3) is 4.48. The summed E-state index contributed by atoms with van der Waals surface area (Å²) in [6.07, 6.45) is 2.12. The van der Waals surface area contributed by atoms with Gasteiger partial charge in [-0.05, 0) is 37.1 Å². The first-order valence-corrected chi connectivity index (χ1v) is 8.33. The fourth-order valence-corrected chi connectivity index (χ4v) is 2.56. The van der Waals surface area contributed by atoms with Crippen LogP contribution >= 0.6 is 11.6 Å². The topological polar surface area (TPSA) is 71.6 Å². The van der Waals surface area contributed by atoms with Crippen molar-refractivity contribution in [2.75, 3.05) is 24.9 Å². The van der Waals surface area contributed by atoms with Crippen LogP contribution in [0.3, 0.4) is 0 Å². The van der Waals surface area contributed by atoms with Crippen molar-refractivity contribution in [3.8, 4) is 11.5 Å². The van der Waals surface area contributed by atoms with E-state index in [9.17, 15) is 4.79 Å². The number of rotatable bonds is 6. The fraction of sp³-hybridized carbons (Fsp3) is 0.278. The van der Waals surface area contributed by atoms with Crippen molar-refractivity contribution in [2.45, 2.75) is 18.9 Å². The summed E-state index contributed by atoms with van der Waals surface area (Å²) < 4.78 is 10.6. The van der Waals surface area contributed by atoms with Crippen LogP contribution in [-0.2, 0) is 0 Å². The second-order valence-corrected chi connectivity index (χ2v) is 6.17. The van der Waals surface area contributed by atoms with E-state index in [1.54, 1.807) is 26.4 Å². The molecular weight excluding hydrogens is 342 g/mol. The maximum atomic E-state index is 11.7. The third-order valence-corrected chi connectivity index (χ3v) is 4.10. The zero-order valence-electron chi connectivity index (χ0n) is 14.1. The zero-order chi connectivity index (χ0) is 17.8. The van der Waals surface area contributed by atoms with Gasteiger partial charge >= 0.3 is 6.03 Å². The molecule has 0 bridgehead atoms. The van der Waals surface area contributed by atoms with Crippen LogP contribution in [0.5, 0.6) is 11.5 Å². The van der Waals surface area contributed by atoms with E-state index < -0.39 is 0 Å². The summed E-state index contributed by atoms with van der Waals surface area (Å²) in [5.41, 5.74) is 2.30. The van der Waals surface area contributed by atoms with Crippen LogP contribution in [-0.4, -0.2) is 26.3 Å². The number of ether oxygens (including phenoxy) is 2. The van der Waals surface area contributed by atoms with E-state index in [2.05, 4.69) is 16.0 Å². The minimum Gasteiger partial charge on any atom is -0.495 e. The van der Waals surface area contributed by atoms with Crippen LogP contribution < -0.4 is 25.4 Å². The third-order valence-electron chi connectivity index (χ3n) is 3.81. The molecule has 1 fully saturated rings. The lowest BCUT2D eigenvalue weighted by Crippen LogP contribution is -2.30. The quantitative estimate of drug-likeness (QED) is 0.713. The number of carbonyl (C=O) groups is 1. The Bertz CT molecular complexity index is 761. The van der Waals surface area contributed by atoms with Gasteiger partial charge in [-0.3, -0.25) is 0 Å². The summed E-state index contributed by atoms with van der Waals surface area (Å²) >= 11 is 6.11. The van der Waals surface area contributed by atoms with E-state index in [4.69, 9.17) is 21.1 Å². The van der Waals surface area contributed by atoms with E-state index in [1.165, 1.54) is 0 Å². The summed E-state index contributed by atoms with van der Waals surface area (Å²) in [7, 11) is 3.14. The molecule has 0 atom stereocenters. The average Bonchev–Trinajstić information content (AvgIpc) is 3.41. The highest BCUT2D eigenvalue weighted by Crippen LogP contribution is 2.37. The van der Waals surface area contributed by atoms with Crippen molar-refractivity contribution in [1.29, 1.82) is 0 Å². The van der Waals surface area contributed by atoms with Gasteiger partial charge < -0.3 is 25.4 Å². The van der Waals surface area contributed by atoms with Gasteiger partial charge in [0.05, 0.1) is 24.9 Å². The monoisotopic (exact) mass is 361 g/mol. The van der Waals surface area contributed by atoms with Gasteiger partial charge in [0.2, 0.25) is 0 Å². The van der Waals surface area contributed by atoms with Gasteiger partial charge in [0.1, 0.15) is 11.5 Å². The van der Waals surface area contributed by atoms with Crippen molar-refractivity contribution in [1.82, 2.24) is 5.32 Å². The first-order valence-electron chi connectivity index (χ1n) is 7.95. The molecule has 0 radical (unpaired) electrons. The SMILES string of the molecule is COc1cc(Nc2ccc(NC(=O)NC3CC3)cc2)c(OC)cc1Cl. The van der Waals surface area contributed by atoms with Crippen molar-refractivity contribution >= 4 is 34.7 Å². The Morgan fingerprint density at radius 1 is 1.04 bits per heavy atom. The second kappa shape index (κ2) is 7.53. The molecule has 0 spiro atoms. The first-order chi connectivity index (χ1) is 12.1. The molecule has 0 saturated heterocycles. The molecule has 2 amide bonds. The fourth-order valence-electron chi connectivity index (χ4n) is 2.33. The maximum absolute atomic E-state index is 11.7. The van der Waals surface area contributed by atoms with Crippen LogP contribution in [0, 0.1) is 0 Å². The number of amides is 2. The zero-order valence-corrected chi connectivity index (χ0v) is 14.8. The molecule has 1 saturated carbocycles. The number of anilines is 3. The lowest BCUT2D eigenvalue weighted by molar-refractivity contribution is 0.251. The number of nitrogens with one attached hydrogen (secondary N) is 3. The standard InChI is InChI=1S/C18H20ClN3O3/c1-24-16-10-15(17(25-2)9-14(16)19)20-11-3-5-12(6-4-11)21-18(23)22-13-7-8-13/h3-6,9-10,13,20H,7-8H2,1-2H3,(H2,21,22,23). The number of urea groups is 1. The predicted octanol–water partition coefficient (Wildman–Crippen LogP) is 4.38. The molecular formula is C18H20ClN3O3. The molecule has 0 heterocycles. The Kier molecular flexibility index (Phi) is 5.19. The van der Waals surface area contributed by atoms with Crippen molar-refractivity contribution in [3.05, 3.63) is 41.4 Å². The molecule has 7 heteroatoms. The van der Waals surface area contributed by atoms with Crippen LogP contribution in [0.4, 0.5) is 21.9 Å². The van der Waals surface area contributed by atoms with Gasteiger partial charge in [-0.15, -0.1) is 0 Å². The van der Waals surface area contributed by atoms with E-state index in [0.717, 1.165) is 29.9 Å². The molecule has 25 heavy (non-hydrogen) atoms. The van der Waals surface area contributed by atoms with Crippen molar-refractivity contribution < 1.29 is 14.3 Å². The Morgan fingerprint density at radius 3 is 2.28 bits per heavy atom. The summed E-state index contributed by atoms with van der Waals surface area (Å²) in [6, 6.07) is 11.0. The Hall–Kier alpha value is -2.60. The van der Waals surface area contributed by atoms with Gasteiger partial charge in [0.25, 0.3) is 0 Å². The molecule has 132 valence electrons. The van der Waals surface area contributed by atoms with Crippen LogP contribution in [0.2, 0.25) is 5.02 Å². The normalized spacial score (nSPS) is 13.1. The Balaban J connectivity index is 1.69. The number of hydrogen-bond acceptors (Lipinski definition) is 4. The average molecular weight is 362 g/mol. The highest BCUT2D eigenvalue weighted by molar-refractivity contribution is 6.32. The van der Waals surface area contributed by atoms with Gasteiger partial charge in [0, 0.05) is 29.5 Å². The molecule has 2 aromatic rings. The smallest absolute Gasteiger partial charge is 0.319 e. The number of hydrogen-bond donors (Lipinski definition) is 3. The number of carbonyl (C=O) groups excluding carboxylic acids is 1. The summed E-state index contributed by atoms with van der Waals surface area (Å²) in [5, 5.41) is 9.43. The molecule has 2 aromatic carbocycles. The molecule has 1 aliphatic carbocycles. The lowest BCUT2D eigenvalue weighted by Gasteiger charge is -2.14. The van der Waals surface area contributed by atoms with Crippen molar-refractivity contribution in [3.63, 3.8) is 0 Å². The van der Waals surface area contributed by atoms with Gasteiger partial charge in [-0.25, -0.2) is 4.79 Å². The number of benzene rings is 2. The van der Waals surface area contributed by atoms with Crippen LogP contribution in [0.1, 0.15) is 12.8 Å². The molecule has 3 rings (SSSR count). The van der Waals surface area contributed by atoms with E-state index >= 15 is 0 Å². The van der Waals surface area contributed by atoms with Crippen LogP contribution in [0.15, 0.2) is 36.4 Å². The molecule has 0 aliphatic heterocycles. The minimum absolute atomic E-state index is 0.174. The molecule has 0 aromatic heterocycles.